The predicted octanol–water partition coefficient (Wildman–Crippen LogP) is 2.39. The molecule has 2 aliphatic heterocycles. The maximum Gasteiger partial charge on any atom is 0.492 e. The van der Waals surface area contributed by atoms with Crippen molar-refractivity contribution in [2.24, 2.45) is 0 Å². The summed E-state index contributed by atoms with van der Waals surface area (Å²) in [5, 5.41) is 10.3. The van der Waals surface area contributed by atoms with Gasteiger partial charge in [-0.2, -0.15) is 0 Å². The molecular formula is C19H20BNO2. The van der Waals surface area contributed by atoms with Gasteiger partial charge in [-0.1, -0.05) is 42.5 Å². The molecule has 0 amide bonds. The predicted molar refractivity (Wildman–Crippen MR) is 92.1 cm³/mol. The van der Waals surface area contributed by atoms with Crippen molar-refractivity contribution in [3.05, 3.63) is 59.7 Å². The van der Waals surface area contributed by atoms with Gasteiger partial charge >= 0.3 is 7.12 Å². The van der Waals surface area contributed by atoms with Crippen LogP contribution in [0.1, 0.15) is 36.3 Å². The summed E-state index contributed by atoms with van der Waals surface area (Å²) in [6.07, 6.45) is 3.56. The van der Waals surface area contributed by atoms with E-state index in [4.69, 9.17) is 4.65 Å². The van der Waals surface area contributed by atoms with Crippen LogP contribution in [0.4, 0.5) is 5.69 Å². The second-order valence-electron chi connectivity index (χ2n) is 7.06. The van der Waals surface area contributed by atoms with Gasteiger partial charge < -0.3 is 14.6 Å². The van der Waals surface area contributed by atoms with Gasteiger partial charge in [-0.15, -0.1) is 0 Å². The van der Waals surface area contributed by atoms with Crippen molar-refractivity contribution in [2.75, 3.05) is 18.0 Å². The van der Waals surface area contributed by atoms with Gasteiger partial charge in [0.05, 0.1) is 5.60 Å². The number of anilines is 1. The summed E-state index contributed by atoms with van der Waals surface area (Å²) in [6.45, 7) is 1.80. The molecule has 1 spiro atoms. The molecule has 1 atom stereocenters. The van der Waals surface area contributed by atoms with E-state index in [1.165, 1.54) is 29.7 Å². The molecule has 3 nitrogen and oxygen atoms in total. The summed E-state index contributed by atoms with van der Waals surface area (Å²) >= 11 is 0. The highest BCUT2D eigenvalue weighted by Crippen LogP contribution is 2.47. The summed E-state index contributed by atoms with van der Waals surface area (Å²) in [7, 11) is -0.787. The lowest BCUT2D eigenvalue weighted by Gasteiger charge is -2.28. The Hall–Kier alpha value is -1.78. The monoisotopic (exact) mass is 305 g/mol. The van der Waals surface area contributed by atoms with Crippen molar-refractivity contribution in [3.8, 4) is 0 Å². The van der Waals surface area contributed by atoms with Crippen molar-refractivity contribution < 1.29 is 9.68 Å². The van der Waals surface area contributed by atoms with Gasteiger partial charge in [-0.3, -0.25) is 0 Å². The Kier molecular flexibility index (Phi) is 2.88. The fourth-order valence-electron chi connectivity index (χ4n) is 4.29. The quantitative estimate of drug-likeness (QED) is 0.865. The van der Waals surface area contributed by atoms with Crippen molar-refractivity contribution in [1.82, 2.24) is 0 Å². The number of hydrogen-bond acceptors (Lipinski definition) is 3. The molecular weight excluding hydrogens is 285 g/mol. The highest BCUT2D eigenvalue weighted by molar-refractivity contribution is 6.62. The molecule has 2 heterocycles. The molecule has 0 bridgehead atoms. The van der Waals surface area contributed by atoms with Crippen molar-refractivity contribution in [3.63, 3.8) is 0 Å². The molecule has 4 heteroatoms. The number of rotatable bonds is 2. The zero-order chi connectivity index (χ0) is 15.4. The van der Waals surface area contributed by atoms with E-state index in [1.54, 1.807) is 0 Å². The molecule has 1 unspecified atom stereocenters. The molecule has 2 aromatic rings. The summed E-state index contributed by atoms with van der Waals surface area (Å²) in [6, 6.07) is 16.9. The van der Waals surface area contributed by atoms with E-state index in [-0.39, 0.29) is 5.60 Å². The molecule has 1 aliphatic carbocycles. The first kappa shape index (κ1) is 13.6. The topological polar surface area (TPSA) is 32.7 Å². The number of hydrogen-bond donors (Lipinski definition) is 1. The maximum atomic E-state index is 10.3. The van der Waals surface area contributed by atoms with E-state index >= 15 is 0 Å². The van der Waals surface area contributed by atoms with Crippen LogP contribution in [0.15, 0.2) is 48.5 Å². The van der Waals surface area contributed by atoms with Crippen molar-refractivity contribution >= 4 is 18.3 Å². The third kappa shape index (κ3) is 2.05. The van der Waals surface area contributed by atoms with E-state index in [0.29, 0.717) is 0 Å². The zero-order valence-corrected chi connectivity index (χ0v) is 13.1. The molecule has 0 aromatic heterocycles. The Morgan fingerprint density at radius 3 is 2.74 bits per heavy atom. The maximum absolute atomic E-state index is 10.3. The molecule has 2 aromatic carbocycles. The highest BCUT2D eigenvalue weighted by Gasteiger charge is 2.51. The zero-order valence-electron chi connectivity index (χ0n) is 13.1. The molecule has 1 saturated heterocycles. The molecule has 0 radical (unpaired) electrons. The summed E-state index contributed by atoms with van der Waals surface area (Å²) in [5.74, 6) is 0.741. The summed E-state index contributed by atoms with van der Waals surface area (Å²) in [4.78, 5) is 2.45. The lowest BCUT2D eigenvalue weighted by molar-refractivity contribution is 0.0834. The van der Waals surface area contributed by atoms with Crippen LogP contribution in [0, 0.1) is 0 Å². The smallest absolute Gasteiger partial charge is 0.423 e. The van der Waals surface area contributed by atoms with Crippen molar-refractivity contribution in [1.29, 1.82) is 0 Å². The number of nitrogens with zero attached hydrogens (tertiary/aromatic N) is 1. The average molecular weight is 305 g/mol. The van der Waals surface area contributed by atoms with Gasteiger partial charge in [0.1, 0.15) is 0 Å². The Labute approximate surface area is 137 Å². The third-order valence-electron chi connectivity index (χ3n) is 5.58. The first-order valence-corrected chi connectivity index (χ1v) is 8.56. The second kappa shape index (κ2) is 4.86. The standard InChI is InChI=1S/C19H20BNO2/c22-20-17-7-3-2-6-16(17)19(23-20)11-12-21(13-19)18-8-4-1-5-15(18)14-9-10-14/h1-8,14,22H,9-13H2. The van der Waals surface area contributed by atoms with Crippen LogP contribution in [0.2, 0.25) is 0 Å². The third-order valence-corrected chi connectivity index (χ3v) is 5.58. The van der Waals surface area contributed by atoms with Gasteiger partial charge in [0.25, 0.3) is 0 Å². The molecule has 5 rings (SSSR count). The fraction of sp³-hybridized carbons (Fsp3) is 0.368. The number of benzene rings is 2. The highest BCUT2D eigenvalue weighted by atomic mass is 16.5. The molecule has 1 saturated carbocycles. The van der Waals surface area contributed by atoms with Gasteiger partial charge in [-0.05, 0) is 47.8 Å². The summed E-state index contributed by atoms with van der Waals surface area (Å²) < 4.78 is 6.06. The molecule has 2 fully saturated rings. The summed E-state index contributed by atoms with van der Waals surface area (Å²) in [5.41, 5.74) is 4.58. The first-order valence-electron chi connectivity index (χ1n) is 8.56. The van der Waals surface area contributed by atoms with Crippen LogP contribution < -0.4 is 10.4 Å². The SMILES string of the molecule is OB1OC2(CCN(c3ccccc3C3CC3)C2)c2ccccc21. The first-order chi connectivity index (χ1) is 11.3. The van der Waals surface area contributed by atoms with Gasteiger partial charge in [0.15, 0.2) is 0 Å². The number of para-hydroxylation sites is 1. The van der Waals surface area contributed by atoms with Crippen LogP contribution in [0.3, 0.4) is 0 Å². The van der Waals surface area contributed by atoms with Gasteiger partial charge in [0.2, 0.25) is 0 Å². The van der Waals surface area contributed by atoms with Crippen LogP contribution in [0.25, 0.3) is 0 Å². The normalized spacial score (nSPS) is 26.1. The molecule has 23 heavy (non-hydrogen) atoms. The number of fused-ring (bicyclic) bond motifs is 2. The van der Waals surface area contributed by atoms with Crippen molar-refractivity contribution in [2.45, 2.75) is 30.8 Å². The van der Waals surface area contributed by atoms with E-state index in [1.807, 2.05) is 18.2 Å². The molecule has 3 aliphatic rings. The van der Waals surface area contributed by atoms with E-state index in [9.17, 15) is 5.02 Å². The fourth-order valence-corrected chi connectivity index (χ4v) is 4.29. The second-order valence-corrected chi connectivity index (χ2v) is 7.06. The Bertz CT molecular complexity index is 761. The van der Waals surface area contributed by atoms with Gasteiger partial charge in [-0.25, -0.2) is 0 Å². The Balaban J connectivity index is 1.50. The van der Waals surface area contributed by atoms with Crippen LogP contribution in [-0.4, -0.2) is 25.2 Å². The lowest BCUT2D eigenvalue weighted by Crippen LogP contribution is -2.33. The molecule has 1 N–H and O–H groups in total. The van der Waals surface area contributed by atoms with Crippen LogP contribution in [-0.2, 0) is 10.3 Å². The largest absolute Gasteiger partial charge is 0.492 e. The molecule has 116 valence electrons. The van der Waals surface area contributed by atoms with E-state index < -0.39 is 7.12 Å². The van der Waals surface area contributed by atoms with Crippen LogP contribution >= 0.6 is 0 Å². The Morgan fingerprint density at radius 1 is 1.09 bits per heavy atom. The van der Waals surface area contributed by atoms with Crippen LogP contribution in [0.5, 0.6) is 0 Å². The average Bonchev–Trinajstić information content (AvgIpc) is 3.30. The minimum absolute atomic E-state index is 0.354. The van der Waals surface area contributed by atoms with E-state index in [2.05, 4.69) is 35.2 Å². The minimum Gasteiger partial charge on any atom is -0.423 e. The van der Waals surface area contributed by atoms with E-state index in [0.717, 1.165) is 30.9 Å². The van der Waals surface area contributed by atoms with Gasteiger partial charge in [0, 0.05) is 18.8 Å². The Morgan fingerprint density at radius 2 is 1.87 bits per heavy atom. The minimum atomic E-state index is -0.787. The lowest BCUT2D eigenvalue weighted by atomic mass is 9.78.